The van der Waals surface area contributed by atoms with E-state index in [0.717, 1.165) is 17.4 Å². The Morgan fingerprint density at radius 2 is 1.93 bits per heavy atom. The molecule has 2 unspecified atom stereocenters. The van der Waals surface area contributed by atoms with Gasteiger partial charge in [0.1, 0.15) is 6.04 Å². The largest absolute Gasteiger partial charge is 0.348 e. The number of carbonyl (C=O) groups is 2. The lowest BCUT2D eigenvalue weighted by molar-refractivity contribution is -0.125. The molecule has 0 spiro atoms. The summed E-state index contributed by atoms with van der Waals surface area (Å²) in [4.78, 5) is 28.0. The van der Waals surface area contributed by atoms with Gasteiger partial charge in [-0.3, -0.25) is 9.59 Å². The lowest BCUT2D eigenvalue weighted by atomic mass is 10.0. The Labute approximate surface area is 162 Å². The van der Waals surface area contributed by atoms with E-state index in [4.69, 9.17) is 0 Å². The Morgan fingerprint density at radius 1 is 1.11 bits per heavy atom. The number of benzene rings is 2. The zero-order valence-electron chi connectivity index (χ0n) is 15.2. The third-order valence-electron chi connectivity index (χ3n) is 5.18. The van der Waals surface area contributed by atoms with Gasteiger partial charge in [-0.25, -0.2) is 0 Å². The minimum atomic E-state index is -0.387. The van der Waals surface area contributed by atoms with Crippen LogP contribution < -0.4 is 5.32 Å². The van der Waals surface area contributed by atoms with E-state index >= 15 is 0 Å². The number of hydrogen-bond acceptors (Lipinski definition) is 3. The Kier molecular flexibility index (Phi) is 4.94. The van der Waals surface area contributed by atoms with E-state index in [0.29, 0.717) is 17.8 Å². The van der Waals surface area contributed by atoms with Crippen LogP contribution in [-0.4, -0.2) is 29.3 Å². The standard InChI is InChI=1S/C22H22N2O2S/c1-15(17-11-10-16-6-2-3-7-18(16)14-17)23-21(25)19-8-4-12-24(19)22(26)20-9-5-13-27-20/h2-3,5-7,9-11,13-15,19H,4,8,12H2,1H3,(H,23,25). The Balaban J connectivity index is 1.47. The van der Waals surface area contributed by atoms with Crippen LogP contribution in [-0.2, 0) is 4.79 Å². The topological polar surface area (TPSA) is 49.4 Å². The molecule has 1 N–H and O–H groups in total. The summed E-state index contributed by atoms with van der Waals surface area (Å²) in [6, 6.07) is 17.6. The van der Waals surface area contributed by atoms with Crippen molar-refractivity contribution < 1.29 is 9.59 Å². The van der Waals surface area contributed by atoms with Crippen LogP contribution in [0, 0.1) is 0 Å². The Bertz CT molecular complexity index is 967. The second-order valence-electron chi connectivity index (χ2n) is 6.97. The molecule has 2 amide bonds. The smallest absolute Gasteiger partial charge is 0.264 e. The summed E-state index contributed by atoms with van der Waals surface area (Å²) < 4.78 is 0. The fourth-order valence-electron chi connectivity index (χ4n) is 3.69. The van der Waals surface area contributed by atoms with E-state index in [2.05, 4.69) is 35.6 Å². The molecular formula is C22H22N2O2S. The average Bonchev–Trinajstić information content (AvgIpc) is 3.39. The van der Waals surface area contributed by atoms with E-state index in [-0.39, 0.29) is 23.9 Å². The number of amides is 2. The highest BCUT2D eigenvalue weighted by Crippen LogP contribution is 2.24. The number of likely N-dealkylation sites (tertiary alicyclic amines) is 1. The fourth-order valence-corrected chi connectivity index (χ4v) is 4.37. The van der Waals surface area contributed by atoms with Gasteiger partial charge in [-0.15, -0.1) is 11.3 Å². The van der Waals surface area contributed by atoms with Gasteiger partial charge in [0.15, 0.2) is 0 Å². The van der Waals surface area contributed by atoms with Crippen molar-refractivity contribution in [3.05, 3.63) is 70.4 Å². The molecule has 0 bridgehead atoms. The van der Waals surface area contributed by atoms with E-state index in [1.807, 2.05) is 36.6 Å². The lowest BCUT2D eigenvalue weighted by Gasteiger charge is -2.25. The van der Waals surface area contributed by atoms with Gasteiger partial charge < -0.3 is 10.2 Å². The molecule has 4 rings (SSSR count). The first-order valence-electron chi connectivity index (χ1n) is 9.27. The van der Waals surface area contributed by atoms with Crippen LogP contribution in [0.2, 0.25) is 0 Å². The van der Waals surface area contributed by atoms with Crippen molar-refractivity contribution in [2.24, 2.45) is 0 Å². The van der Waals surface area contributed by atoms with Gasteiger partial charge in [-0.05, 0) is 53.6 Å². The molecule has 138 valence electrons. The van der Waals surface area contributed by atoms with E-state index in [1.54, 1.807) is 4.90 Å². The SMILES string of the molecule is CC(NC(=O)C1CCCN1C(=O)c1cccs1)c1ccc2ccccc2c1. The van der Waals surface area contributed by atoms with Crippen molar-refractivity contribution in [1.82, 2.24) is 10.2 Å². The molecule has 2 aromatic carbocycles. The van der Waals surface area contributed by atoms with Gasteiger partial charge in [0.2, 0.25) is 5.91 Å². The molecule has 1 aromatic heterocycles. The van der Waals surface area contributed by atoms with Gasteiger partial charge in [-0.2, -0.15) is 0 Å². The molecule has 5 heteroatoms. The van der Waals surface area contributed by atoms with Gasteiger partial charge in [0.05, 0.1) is 10.9 Å². The second-order valence-corrected chi connectivity index (χ2v) is 7.92. The van der Waals surface area contributed by atoms with Crippen LogP contribution in [0.4, 0.5) is 0 Å². The molecule has 0 saturated carbocycles. The molecule has 1 aliphatic rings. The minimum absolute atomic E-state index is 0.0407. The summed E-state index contributed by atoms with van der Waals surface area (Å²) in [6.07, 6.45) is 1.58. The first-order chi connectivity index (χ1) is 13.1. The zero-order chi connectivity index (χ0) is 18.8. The third-order valence-corrected chi connectivity index (χ3v) is 6.04. The molecule has 1 saturated heterocycles. The monoisotopic (exact) mass is 378 g/mol. The summed E-state index contributed by atoms with van der Waals surface area (Å²) in [7, 11) is 0. The normalized spacial score (nSPS) is 17.8. The van der Waals surface area contributed by atoms with Gasteiger partial charge in [0, 0.05) is 6.54 Å². The maximum atomic E-state index is 12.9. The first-order valence-corrected chi connectivity index (χ1v) is 10.1. The van der Waals surface area contributed by atoms with Crippen molar-refractivity contribution in [2.75, 3.05) is 6.54 Å². The molecule has 2 atom stereocenters. The summed E-state index contributed by atoms with van der Waals surface area (Å²) in [6.45, 7) is 2.63. The molecule has 0 aliphatic carbocycles. The maximum absolute atomic E-state index is 12.9. The molecule has 4 nitrogen and oxygen atoms in total. The third kappa shape index (κ3) is 3.60. The molecular weight excluding hydrogens is 356 g/mol. The summed E-state index contributed by atoms with van der Waals surface area (Å²) in [5.74, 6) is -0.112. The summed E-state index contributed by atoms with van der Waals surface area (Å²) in [5, 5.41) is 7.33. The Hall–Kier alpha value is -2.66. The zero-order valence-corrected chi connectivity index (χ0v) is 16.0. The van der Waals surface area contributed by atoms with Gasteiger partial charge >= 0.3 is 0 Å². The molecule has 2 heterocycles. The summed E-state index contributed by atoms with van der Waals surface area (Å²) >= 11 is 1.42. The van der Waals surface area contributed by atoms with Crippen LogP contribution >= 0.6 is 11.3 Å². The van der Waals surface area contributed by atoms with Crippen molar-refractivity contribution >= 4 is 33.9 Å². The predicted molar refractivity (Wildman–Crippen MR) is 109 cm³/mol. The number of carbonyl (C=O) groups excluding carboxylic acids is 2. The van der Waals surface area contributed by atoms with Crippen LogP contribution in [0.25, 0.3) is 10.8 Å². The van der Waals surface area contributed by atoms with E-state index in [1.165, 1.54) is 16.7 Å². The molecule has 27 heavy (non-hydrogen) atoms. The number of rotatable bonds is 4. The average molecular weight is 378 g/mol. The highest BCUT2D eigenvalue weighted by atomic mass is 32.1. The minimum Gasteiger partial charge on any atom is -0.348 e. The van der Waals surface area contributed by atoms with E-state index in [9.17, 15) is 9.59 Å². The molecule has 1 aliphatic heterocycles. The molecule has 3 aromatic rings. The molecule has 1 fully saturated rings. The fraction of sp³-hybridized carbons (Fsp3) is 0.273. The van der Waals surface area contributed by atoms with Crippen LogP contribution in [0.3, 0.4) is 0 Å². The highest BCUT2D eigenvalue weighted by Gasteiger charge is 2.35. The van der Waals surface area contributed by atoms with Crippen LogP contribution in [0.5, 0.6) is 0 Å². The number of hydrogen-bond donors (Lipinski definition) is 1. The van der Waals surface area contributed by atoms with Crippen LogP contribution in [0.1, 0.15) is 41.0 Å². The van der Waals surface area contributed by atoms with Crippen LogP contribution in [0.15, 0.2) is 60.0 Å². The summed E-state index contributed by atoms with van der Waals surface area (Å²) in [5.41, 5.74) is 1.07. The Morgan fingerprint density at radius 3 is 2.70 bits per heavy atom. The predicted octanol–water partition coefficient (Wildman–Crippen LogP) is 4.38. The lowest BCUT2D eigenvalue weighted by Crippen LogP contribution is -2.46. The number of nitrogens with one attached hydrogen (secondary N) is 1. The van der Waals surface area contributed by atoms with Crippen molar-refractivity contribution in [2.45, 2.75) is 31.8 Å². The van der Waals surface area contributed by atoms with Crippen molar-refractivity contribution in [1.29, 1.82) is 0 Å². The number of thiophene rings is 1. The van der Waals surface area contributed by atoms with E-state index < -0.39 is 0 Å². The van der Waals surface area contributed by atoms with Gasteiger partial charge in [0.25, 0.3) is 5.91 Å². The molecule has 0 radical (unpaired) electrons. The number of nitrogens with zero attached hydrogens (tertiary/aromatic N) is 1. The van der Waals surface area contributed by atoms with Gasteiger partial charge in [-0.1, -0.05) is 42.5 Å². The number of fused-ring (bicyclic) bond motifs is 1. The highest BCUT2D eigenvalue weighted by molar-refractivity contribution is 7.12. The van der Waals surface area contributed by atoms with Crippen molar-refractivity contribution in [3.8, 4) is 0 Å². The maximum Gasteiger partial charge on any atom is 0.264 e. The first kappa shape index (κ1) is 17.7. The second kappa shape index (κ2) is 7.53. The van der Waals surface area contributed by atoms with Crippen molar-refractivity contribution in [3.63, 3.8) is 0 Å². The quantitative estimate of drug-likeness (QED) is 0.732.